The van der Waals surface area contributed by atoms with Crippen molar-refractivity contribution < 1.29 is 9.53 Å². The number of nitrogens with one attached hydrogen (secondary N) is 2. The molecule has 0 saturated heterocycles. The lowest BCUT2D eigenvalue weighted by atomic mass is 10.1. The summed E-state index contributed by atoms with van der Waals surface area (Å²) in [5.41, 5.74) is 5.74. The number of ether oxygens (including phenoxy) is 1. The summed E-state index contributed by atoms with van der Waals surface area (Å²) in [6.45, 7) is 2.26. The van der Waals surface area contributed by atoms with Crippen molar-refractivity contribution in [1.82, 2.24) is 5.43 Å². The van der Waals surface area contributed by atoms with Gasteiger partial charge in [0.15, 0.2) is 5.75 Å². The zero-order valence-corrected chi connectivity index (χ0v) is 21.2. The average Bonchev–Trinajstić information content (AvgIpc) is 2.81. The number of fused-ring (bicyclic) bond motifs is 1. The van der Waals surface area contributed by atoms with Crippen LogP contribution in [0.15, 0.2) is 82.4 Å². The minimum atomic E-state index is -0.467. The van der Waals surface area contributed by atoms with Crippen molar-refractivity contribution in [2.45, 2.75) is 13.5 Å². The largest absolute Gasteiger partial charge is 0.486 e. The second-order valence-corrected chi connectivity index (χ2v) is 9.20. The number of hydrazone groups is 1. The van der Waals surface area contributed by atoms with Gasteiger partial charge in [0.25, 0.3) is 0 Å². The lowest BCUT2D eigenvalue weighted by Gasteiger charge is -2.12. The Kier molecular flexibility index (Phi) is 7.73. The molecule has 2 amide bonds. The second-order valence-electron chi connectivity index (χ2n) is 7.53. The normalized spacial score (nSPS) is 11.1. The van der Waals surface area contributed by atoms with E-state index < -0.39 is 6.03 Å². The maximum atomic E-state index is 12.1. The molecule has 0 radical (unpaired) electrons. The number of halogens is 3. The van der Waals surface area contributed by atoms with E-state index in [1.54, 1.807) is 18.2 Å². The number of urea groups is 1. The average molecular weight is 557 g/mol. The summed E-state index contributed by atoms with van der Waals surface area (Å²) < 4.78 is 6.92. The van der Waals surface area contributed by atoms with Gasteiger partial charge in [0.2, 0.25) is 0 Å². The predicted octanol–water partition coefficient (Wildman–Crippen LogP) is 7.95. The number of anilines is 1. The highest BCUT2D eigenvalue weighted by atomic mass is 79.9. The maximum absolute atomic E-state index is 12.1. The van der Waals surface area contributed by atoms with Crippen LogP contribution in [-0.2, 0) is 6.61 Å². The molecule has 0 aliphatic carbocycles. The van der Waals surface area contributed by atoms with Gasteiger partial charge in [-0.15, -0.1) is 0 Å². The van der Waals surface area contributed by atoms with Crippen LogP contribution in [0.5, 0.6) is 5.75 Å². The Bertz CT molecular complexity index is 1360. The van der Waals surface area contributed by atoms with E-state index in [-0.39, 0.29) is 0 Å². The van der Waals surface area contributed by atoms with Gasteiger partial charge in [-0.05, 0) is 64.7 Å². The Morgan fingerprint density at radius 2 is 1.76 bits per heavy atom. The molecular weight excluding hydrogens is 537 g/mol. The fourth-order valence-electron chi connectivity index (χ4n) is 3.41. The van der Waals surface area contributed by atoms with Crippen molar-refractivity contribution in [3.63, 3.8) is 0 Å². The predicted molar refractivity (Wildman–Crippen MR) is 143 cm³/mol. The topological polar surface area (TPSA) is 62.7 Å². The molecule has 4 aromatic carbocycles. The Morgan fingerprint density at radius 3 is 2.53 bits per heavy atom. The van der Waals surface area contributed by atoms with Crippen molar-refractivity contribution in [1.29, 1.82) is 0 Å². The van der Waals surface area contributed by atoms with Crippen molar-refractivity contribution in [2.75, 3.05) is 5.32 Å². The molecule has 5 nitrogen and oxygen atoms in total. The van der Waals surface area contributed by atoms with Gasteiger partial charge in [0, 0.05) is 10.2 Å². The summed E-state index contributed by atoms with van der Waals surface area (Å²) in [4.78, 5) is 12.1. The molecule has 0 fully saturated rings. The highest BCUT2D eigenvalue weighted by Gasteiger charge is 2.11. The monoisotopic (exact) mass is 555 g/mol. The Balaban J connectivity index is 1.39. The number of hydrogen-bond acceptors (Lipinski definition) is 3. The minimum Gasteiger partial charge on any atom is -0.486 e. The summed E-state index contributed by atoms with van der Waals surface area (Å²) in [7, 11) is 0. The number of carbonyl (C=O) groups is 1. The summed E-state index contributed by atoms with van der Waals surface area (Å²) >= 11 is 16.3. The third-order valence-electron chi connectivity index (χ3n) is 5.07. The molecule has 0 aliphatic rings. The van der Waals surface area contributed by atoms with E-state index in [2.05, 4.69) is 50.0 Å². The first-order valence-corrected chi connectivity index (χ1v) is 11.9. The van der Waals surface area contributed by atoms with Crippen LogP contribution in [-0.4, -0.2) is 12.2 Å². The van der Waals surface area contributed by atoms with E-state index in [0.29, 0.717) is 33.7 Å². The smallest absolute Gasteiger partial charge is 0.339 e. The van der Waals surface area contributed by atoms with Crippen molar-refractivity contribution in [3.05, 3.63) is 104 Å². The fraction of sp³-hybridized carbons (Fsp3) is 0.0769. The first-order valence-electron chi connectivity index (χ1n) is 10.4. The number of rotatable bonds is 6. The molecule has 2 N–H and O–H groups in total. The van der Waals surface area contributed by atoms with Gasteiger partial charge < -0.3 is 10.1 Å². The van der Waals surface area contributed by atoms with E-state index >= 15 is 0 Å². The second kappa shape index (κ2) is 10.9. The van der Waals surface area contributed by atoms with E-state index in [1.807, 2.05) is 43.3 Å². The zero-order valence-electron chi connectivity index (χ0n) is 18.1. The molecule has 8 heteroatoms. The molecule has 4 aromatic rings. The van der Waals surface area contributed by atoms with E-state index in [9.17, 15) is 4.79 Å². The number of hydrogen-bond donors (Lipinski definition) is 2. The highest BCUT2D eigenvalue weighted by molar-refractivity contribution is 9.10. The maximum Gasteiger partial charge on any atom is 0.339 e. The van der Waals surface area contributed by atoms with Gasteiger partial charge in [-0.1, -0.05) is 81.6 Å². The van der Waals surface area contributed by atoms with E-state index in [0.717, 1.165) is 26.4 Å². The Labute approximate surface area is 215 Å². The first-order chi connectivity index (χ1) is 16.4. The molecule has 0 atom stereocenters. The number of amides is 2. The molecule has 0 bridgehead atoms. The lowest BCUT2D eigenvalue weighted by molar-refractivity contribution is 0.252. The van der Waals surface area contributed by atoms with Crippen molar-refractivity contribution in [2.24, 2.45) is 5.10 Å². The fourth-order valence-corrected chi connectivity index (χ4v) is 4.27. The van der Waals surface area contributed by atoms with Crippen LogP contribution in [0.2, 0.25) is 10.0 Å². The van der Waals surface area contributed by atoms with Gasteiger partial charge in [0.05, 0.1) is 16.3 Å². The van der Waals surface area contributed by atoms with Crippen LogP contribution >= 0.6 is 39.1 Å². The van der Waals surface area contributed by atoms with Crippen molar-refractivity contribution in [3.8, 4) is 5.75 Å². The van der Waals surface area contributed by atoms with Crippen LogP contribution < -0.4 is 15.5 Å². The third kappa shape index (κ3) is 5.89. The minimum absolute atomic E-state index is 0.325. The molecule has 0 spiro atoms. The van der Waals surface area contributed by atoms with Gasteiger partial charge >= 0.3 is 6.03 Å². The molecule has 4 rings (SSSR count). The van der Waals surface area contributed by atoms with Gasteiger partial charge in [0.1, 0.15) is 6.61 Å². The standard InChI is InChI=1S/C26H20BrCl2N3O2/c1-16-11-20(9-10-22(16)27)31-26(33)32-30-14-17-12-23(28)25(24(29)13-17)34-15-19-7-4-6-18-5-2-3-8-21(18)19/h2-14H,15H2,1H3,(H2,31,32,33)/b30-14+. The zero-order chi connectivity index (χ0) is 24.1. The van der Waals surface area contributed by atoms with Crippen LogP contribution in [0.25, 0.3) is 10.8 Å². The summed E-state index contributed by atoms with van der Waals surface area (Å²) in [6, 6.07) is 22.5. The van der Waals surface area contributed by atoms with Crippen LogP contribution in [0.3, 0.4) is 0 Å². The number of carbonyl (C=O) groups excluding carboxylic acids is 1. The lowest BCUT2D eigenvalue weighted by Crippen LogP contribution is -2.24. The molecule has 172 valence electrons. The Hall–Kier alpha value is -3.06. The van der Waals surface area contributed by atoms with Crippen LogP contribution in [0, 0.1) is 6.92 Å². The molecule has 0 aromatic heterocycles. The van der Waals surface area contributed by atoms with E-state index in [1.165, 1.54) is 6.21 Å². The third-order valence-corrected chi connectivity index (χ3v) is 6.52. The summed E-state index contributed by atoms with van der Waals surface area (Å²) in [6.07, 6.45) is 1.46. The molecule has 34 heavy (non-hydrogen) atoms. The first kappa shape index (κ1) is 24.1. The van der Waals surface area contributed by atoms with Gasteiger partial charge in [-0.2, -0.15) is 5.10 Å². The number of nitrogens with zero attached hydrogens (tertiary/aromatic N) is 1. The molecule has 0 saturated carbocycles. The van der Waals surface area contributed by atoms with Crippen LogP contribution in [0.4, 0.5) is 10.5 Å². The molecule has 0 heterocycles. The van der Waals surface area contributed by atoms with E-state index in [4.69, 9.17) is 27.9 Å². The molecule has 0 aliphatic heterocycles. The summed E-state index contributed by atoms with van der Waals surface area (Å²) in [5.74, 6) is 0.393. The highest BCUT2D eigenvalue weighted by Crippen LogP contribution is 2.35. The summed E-state index contributed by atoms with van der Waals surface area (Å²) in [5, 5.41) is 9.63. The SMILES string of the molecule is Cc1cc(NC(=O)N/N=C/c2cc(Cl)c(OCc3cccc4ccccc34)c(Cl)c2)ccc1Br. The quantitative estimate of drug-likeness (QED) is 0.187. The van der Waals surface area contributed by atoms with Gasteiger partial charge in [-0.25, -0.2) is 10.2 Å². The molecule has 0 unspecified atom stereocenters. The van der Waals surface area contributed by atoms with Crippen molar-refractivity contribution >= 4 is 67.8 Å². The Morgan fingerprint density at radius 1 is 1.03 bits per heavy atom. The number of aryl methyl sites for hydroxylation is 1. The van der Waals surface area contributed by atoms with Crippen LogP contribution in [0.1, 0.15) is 16.7 Å². The number of benzene rings is 4. The van der Waals surface area contributed by atoms with Gasteiger partial charge in [-0.3, -0.25) is 0 Å². The molecular formula is C26H20BrCl2N3O2.